The number of rotatable bonds is 6. The largest absolute Gasteiger partial charge is 0.480 e. The van der Waals surface area contributed by atoms with Gasteiger partial charge in [-0.25, -0.2) is 9.07 Å². The average Bonchev–Trinajstić information content (AvgIpc) is 3.02. The van der Waals surface area contributed by atoms with E-state index in [-0.39, 0.29) is 28.9 Å². The highest BCUT2D eigenvalue weighted by atomic mass is 19.1. The van der Waals surface area contributed by atoms with Gasteiger partial charge in [0, 0.05) is 53.9 Å². The van der Waals surface area contributed by atoms with Crippen molar-refractivity contribution in [2.45, 2.75) is 13.0 Å². The summed E-state index contributed by atoms with van der Waals surface area (Å²) in [5.41, 5.74) is 1.49. The van der Waals surface area contributed by atoms with Gasteiger partial charge in [0.1, 0.15) is 17.1 Å². The van der Waals surface area contributed by atoms with Gasteiger partial charge in [-0.3, -0.25) is 19.3 Å². The number of fused-ring (bicyclic) bond motifs is 1. The summed E-state index contributed by atoms with van der Waals surface area (Å²) in [6.07, 6.45) is 0.763. The van der Waals surface area contributed by atoms with Crippen molar-refractivity contribution in [1.82, 2.24) is 29.5 Å². The van der Waals surface area contributed by atoms with Crippen molar-refractivity contribution in [3.05, 3.63) is 53.0 Å². The van der Waals surface area contributed by atoms with Gasteiger partial charge in [0.05, 0.1) is 12.5 Å². The van der Waals surface area contributed by atoms with Crippen molar-refractivity contribution in [3.63, 3.8) is 0 Å². The Morgan fingerprint density at radius 1 is 1.08 bits per heavy atom. The zero-order valence-corrected chi connectivity index (χ0v) is 20.8. The third-order valence-electron chi connectivity index (χ3n) is 6.21. The average molecular weight is 497 g/mol. The van der Waals surface area contributed by atoms with Crippen LogP contribution in [-0.2, 0) is 18.4 Å². The number of halogens is 1. The van der Waals surface area contributed by atoms with Crippen LogP contribution >= 0.6 is 0 Å². The molecule has 1 aliphatic rings. The quantitative estimate of drug-likeness (QED) is 0.379. The van der Waals surface area contributed by atoms with E-state index < -0.39 is 11.7 Å². The summed E-state index contributed by atoms with van der Waals surface area (Å²) in [6.45, 7) is 3.13. The van der Waals surface area contributed by atoms with Gasteiger partial charge in [-0.2, -0.15) is 10.1 Å². The number of benzene rings is 1. The molecular formula is C25H29FN6O4. The molecule has 0 unspecified atom stereocenters. The Hall–Kier alpha value is -3.86. The minimum Gasteiger partial charge on any atom is -0.480 e. The van der Waals surface area contributed by atoms with Gasteiger partial charge in [-0.05, 0) is 30.2 Å². The van der Waals surface area contributed by atoms with Gasteiger partial charge < -0.3 is 14.5 Å². The first-order chi connectivity index (χ1) is 17.2. The number of carbonyl (C=O) groups excluding carboxylic acids is 3. The monoisotopic (exact) mass is 496 g/mol. The zero-order chi connectivity index (χ0) is 26.0. The second-order valence-corrected chi connectivity index (χ2v) is 8.97. The predicted molar refractivity (Wildman–Crippen MR) is 130 cm³/mol. The van der Waals surface area contributed by atoms with E-state index >= 15 is 0 Å². The molecule has 0 spiro atoms. The summed E-state index contributed by atoms with van der Waals surface area (Å²) in [4.78, 5) is 48.2. The molecule has 1 aromatic carbocycles. The maximum absolute atomic E-state index is 13.6. The van der Waals surface area contributed by atoms with Crippen LogP contribution in [0.3, 0.4) is 0 Å². The number of Topliss-reactive ketones (excluding diaryl/α,β-unsaturated/α-hetero) is 1. The van der Waals surface area contributed by atoms with Crippen LogP contribution in [0.5, 0.6) is 5.88 Å². The number of methoxy groups -OCH3 is 1. The van der Waals surface area contributed by atoms with Crippen LogP contribution in [0.4, 0.5) is 4.39 Å². The maximum atomic E-state index is 13.6. The van der Waals surface area contributed by atoms with E-state index in [4.69, 9.17) is 4.74 Å². The molecule has 0 saturated carbocycles. The molecule has 36 heavy (non-hydrogen) atoms. The molecule has 4 rings (SSSR count). The van der Waals surface area contributed by atoms with Crippen molar-refractivity contribution in [2.75, 3.05) is 47.4 Å². The summed E-state index contributed by atoms with van der Waals surface area (Å²) in [5, 5.41) is 4.51. The third kappa shape index (κ3) is 5.06. The first-order valence-electron chi connectivity index (χ1n) is 11.6. The Balaban J connectivity index is 1.59. The van der Waals surface area contributed by atoms with E-state index in [1.54, 1.807) is 24.1 Å². The summed E-state index contributed by atoms with van der Waals surface area (Å²) in [5.74, 6) is -1.91. The fraction of sp³-hybridized carbons (Fsp3) is 0.400. The summed E-state index contributed by atoms with van der Waals surface area (Å²) < 4.78 is 20.0. The predicted octanol–water partition coefficient (Wildman–Crippen LogP) is 1.73. The first kappa shape index (κ1) is 25.2. The van der Waals surface area contributed by atoms with Gasteiger partial charge >= 0.3 is 0 Å². The number of aromatic nitrogens is 3. The smallest absolute Gasteiger partial charge is 0.296 e. The number of carbonyl (C=O) groups is 3. The van der Waals surface area contributed by atoms with E-state index in [0.29, 0.717) is 37.2 Å². The number of likely N-dealkylation sites (N-methyl/N-ethyl adjacent to an activating group) is 1. The first-order valence-corrected chi connectivity index (χ1v) is 11.6. The molecule has 3 heterocycles. The summed E-state index contributed by atoms with van der Waals surface area (Å²) >= 11 is 0. The lowest BCUT2D eigenvalue weighted by atomic mass is 10.1. The van der Waals surface area contributed by atoms with Gasteiger partial charge in [-0.15, -0.1) is 0 Å². The maximum Gasteiger partial charge on any atom is 0.296 e. The fourth-order valence-corrected chi connectivity index (χ4v) is 4.29. The molecule has 0 bridgehead atoms. The molecule has 0 radical (unpaired) electrons. The molecule has 0 atom stereocenters. The summed E-state index contributed by atoms with van der Waals surface area (Å²) in [7, 11) is 6.01. The topological polar surface area (TPSA) is 101 Å². The Morgan fingerprint density at radius 3 is 2.47 bits per heavy atom. The lowest BCUT2D eigenvalue weighted by Gasteiger charge is -2.22. The van der Waals surface area contributed by atoms with Crippen LogP contribution in [0.1, 0.15) is 32.8 Å². The number of ether oxygens (including phenoxy) is 1. The van der Waals surface area contributed by atoms with Gasteiger partial charge in [0.15, 0.2) is 5.65 Å². The highest BCUT2D eigenvalue weighted by molar-refractivity contribution is 6.44. The van der Waals surface area contributed by atoms with E-state index in [0.717, 1.165) is 18.5 Å². The van der Waals surface area contributed by atoms with E-state index in [1.807, 2.05) is 0 Å². The Labute approximate surface area is 208 Å². The highest BCUT2D eigenvalue weighted by Gasteiger charge is 2.29. The highest BCUT2D eigenvalue weighted by Crippen LogP contribution is 2.27. The number of pyridine rings is 1. The number of nitrogens with zero attached hydrogens (tertiary/aromatic N) is 6. The van der Waals surface area contributed by atoms with Crippen molar-refractivity contribution in [3.8, 4) is 5.88 Å². The lowest BCUT2D eigenvalue weighted by molar-refractivity contribution is -0.124. The Bertz CT molecular complexity index is 1300. The molecule has 0 N–H and O–H groups in total. The standard InChI is InChI=1S/C25H29FN6O4/c1-29(2)25(35)21(33)20-18-14-19(23(36-4)27-22(18)30(3)28-20)24(34)32-11-5-10-31(12-13-32)15-16-6-8-17(26)9-7-16/h6-9,14H,5,10-13,15H2,1-4H3. The summed E-state index contributed by atoms with van der Waals surface area (Å²) in [6, 6.07) is 7.96. The molecule has 3 aromatic rings. The molecule has 190 valence electrons. The van der Waals surface area contributed by atoms with Crippen molar-refractivity contribution >= 4 is 28.6 Å². The van der Waals surface area contributed by atoms with Crippen LogP contribution in [0.15, 0.2) is 30.3 Å². The minimum absolute atomic E-state index is 0.0586. The van der Waals surface area contributed by atoms with Crippen molar-refractivity contribution in [1.29, 1.82) is 0 Å². The number of hydrogen-bond donors (Lipinski definition) is 0. The normalized spacial score (nSPS) is 14.5. The number of ketones is 1. The SMILES string of the molecule is COc1nc2c(cc1C(=O)N1CCCN(Cc3ccc(F)cc3)CC1)c(C(=O)C(=O)N(C)C)nn2C. The van der Waals surface area contributed by atoms with E-state index in [9.17, 15) is 18.8 Å². The number of hydrogen-bond acceptors (Lipinski definition) is 7. The van der Waals surface area contributed by atoms with Gasteiger partial charge in [-0.1, -0.05) is 12.1 Å². The molecule has 1 aliphatic heterocycles. The van der Waals surface area contributed by atoms with Gasteiger partial charge in [0.25, 0.3) is 17.6 Å². The second kappa shape index (κ2) is 10.4. The lowest BCUT2D eigenvalue weighted by Crippen LogP contribution is -2.35. The van der Waals surface area contributed by atoms with E-state index in [2.05, 4.69) is 15.0 Å². The van der Waals surface area contributed by atoms with Crippen LogP contribution < -0.4 is 4.74 Å². The Kier molecular flexibility index (Phi) is 7.30. The van der Waals surface area contributed by atoms with Crippen molar-refractivity contribution < 1.29 is 23.5 Å². The molecule has 11 heteroatoms. The Morgan fingerprint density at radius 2 is 1.81 bits per heavy atom. The zero-order valence-electron chi connectivity index (χ0n) is 20.8. The third-order valence-corrected chi connectivity index (χ3v) is 6.21. The van der Waals surface area contributed by atoms with Crippen LogP contribution in [0.2, 0.25) is 0 Å². The molecule has 1 saturated heterocycles. The fourth-order valence-electron chi connectivity index (χ4n) is 4.29. The molecule has 2 aromatic heterocycles. The molecule has 1 fully saturated rings. The number of aryl methyl sites for hydroxylation is 1. The van der Waals surface area contributed by atoms with Gasteiger partial charge in [0.2, 0.25) is 5.88 Å². The van der Waals surface area contributed by atoms with Crippen molar-refractivity contribution in [2.24, 2.45) is 7.05 Å². The second-order valence-electron chi connectivity index (χ2n) is 8.97. The molecule has 2 amide bonds. The minimum atomic E-state index is -0.776. The molecular weight excluding hydrogens is 467 g/mol. The van der Waals surface area contributed by atoms with Crippen LogP contribution in [0.25, 0.3) is 11.0 Å². The van der Waals surface area contributed by atoms with Crippen LogP contribution in [0, 0.1) is 5.82 Å². The van der Waals surface area contributed by atoms with E-state index in [1.165, 1.54) is 49.0 Å². The van der Waals surface area contributed by atoms with Crippen LogP contribution in [-0.4, -0.2) is 94.4 Å². The molecule has 0 aliphatic carbocycles. The number of amides is 2. The molecule has 10 nitrogen and oxygen atoms in total.